The molecular weight excluding hydrogens is 210 g/mol. The normalized spacial score (nSPS) is 10.9. The van der Waals surface area contributed by atoms with Gasteiger partial charge in [0, 0.05) is 11.9 Å². The van der Waals surface area contributed by atoms with Gasteiger partial charge in [0.05, 0.1) is 0 Å². The lowest BCUT2D eigenvalue weighted by molar-refractivity contribution is 1.06. The summed E-state index contributed by atoms with van der Waals surface area (Å²) in [5.41, 5.74) is 4.08. The number of aromatic nitrogens is 3. The number of hydrogen-bond acceptors (Lipinski definition) is 2. The largest absolute Gasteiger partial charge is 0.283 e. The molecule has 0 fully saturated rings. The Morgan fingerprint density at radius 2 is 2.06 bits per heavy atom. The molecule has 0 spiro atoms. The molecule has 0 bridgehead atoms. The Morgan fingerprint density at radius 1 is 1.12 bits per heavy atom. The fraction of sp³-hybridized carbons (Fsp3) is 0.0714. The number of rotatable bonds is 2. The minimum atomic E-state index is 0.890. The fourth-order valence-electron chi connectivity index (χ4n) is 1.89. The van der Waals surface area contributed by atoms with E-state index < -0.39 is 0 Å². The van der Waals surface area contributed by atoms with Crippen LogP contribution in [0.25, 0.3) is 16.9 Å². The van der Waals surface area contributed by atoms with Gasteiger partial charge in [-0.15, -0.1) is 0 Å². The molecule has 17 heavy (non-hydrogen) atoms. The Labute approximate surface area is 99.8 Å². The minimum Gasteiger partial charge on any atom is -0.283 e. The van der Waals surface area contributed by atoms with Gasteiger partial charge in [-0.2, -0.15) is 0 Å². The van der Waals surface area contributed by atoms with Gasteiger partial charge in [-0.25, -0.2) is 9.97 Å². The van der Waals surface area contributed by atoms with Gasteiger partial charge in [-0.1, -0.05) is 19.1 Å². The smallest absolute Gasteiger partial charge is 0.164 e. The molecule has 3 heteroatoms. The van der Waals surface area contributed by atoms with Crippen molar-refractivity contribution < 1.29 is 0 Å². The SMILES string of the molecule is C[CH]c1cccc(-n2cnc3cccnc32)c1. The van der Waals surface area contributed by atoms with Crippen molar-refractivity contribution in [2.75, 3.05) is 0 Å². The van der Waals surface area contributed by atoms with Gasteiger partial charge >= 0.3 is 0 Å². The number of nitrogens with zero attached hydrogens (tertiary/aromatic N) is 3. The number of hydrogen-bond donors (Lipinski definition) is 0. The van der Waals surface area contributed by atoms with Crippen LogP contribution >= 0.6 is 0 Å². The summed E-state index contributed by atoms with van der Waals surface area (Å²) in [6, 6.07) is 12.2. The molecule has 3 aromatic rings. The molecule has 1 radical (unpaired) electrons. The quantitative estimate of drug-likeness (QED) is 0.667. The van der Waals surface area contributed by atoms with Gasteiger partial charge in [0.25, 0.3) is 0 Å². The van der Waals surface area contributed by atoms with Crippen molar-refractivity contribution in [2.24, 2.45) is 0 Å². The van der Waals surface area contributed by atoms with E-state index in [2.05, 4.69) is 34.6 Å². The summed E-state index contributed by atoms with van der Waals surface area (Å²) < 4.78 is 2.00. The van der Waals surface area contributed by atoms with Crippen LogP contribution in [0.5, 0.6) is 0 Å². The Balaban J connectivity index is 2.20. The molecule has 0 saturated heterocycles. The van der Waals surface area contributed by atoms with Gasteiger partial charge in [-0.3, -0.25) is 4.57 Å². The zero-order valence-corrected chi connectivity index (χ0v) is 9.54. The van der Waals surface area contributed by atoms with E-state index in [-0.39, 0.29) is 0 Å². The summed E-state index contributed by atoms with van der Waals surface area (Å²) in [5.74, 6) is 0. The van der Waals surface area contributed by atoms with Crippen LogP contribution in [-0.4, -0.2) is 14.5 Å². The van der Waals surface area contributed by atoms with Crippen LogP contribution in [0.2, 0.25) is 0 Å². The van der Waals surface area contributed by atoms with Crippen LogP contribution in [0.15, 0.2) is 48.9 Å². The lowest BCUT2D eigenvalue weighted by Gasteiger charge is -2.05. The molecule has 2 heterocycles. The van der Waals surface area contributed by atoms with Crippen LogP contribution in [0, 0.1) is 6.42 Å². The van der Waals surface area contributed by atoms with Crippen LogP contribution in [0.3, 0.4) is 0 Å². The van der Waals surface area contributed by atoms with E-state index in [9.17, 15) is 0 Å². The van der Waals surface area contributed by atoms with Gasteiger partial charge in [0.1, 0.15) is 11.8 Å². The van der Waals surface area contributed by atoms with Crippen molar-refractivity contribution in [3.8, 4) is 5.69 Å². The molecule has 3 nitrogen and oxygen atoms in total. The average molecular weight is 222 g/mol. The second-order valence-electron chi connectivity index (χ2n) is 3.84. The summed E-state index contributed by atoms with van der Waals surface area (Å²) in [6.07, 6.45) is 5.68. The van der Waals surface area contributed by atoms with Crippen molar-refractivity contribution in [2.45, 2.75) is 6.92 Å². The van der Waals surface area contributed by atoms with E-state index in [4.69, 9.17) is 0 Å². The highest BCUT2D eigenvalue weighted by Gasteiger charge is 2.04. The highest BCUT2D eigenvalue weighted by atomic mass is 15.1. The van der Waals surface area contributed by atoms with E-state index in [1.54, 1.807) is 6.20 Å². The maximum atomic E-state index is 4.36. The highest BCUT2D eigenvalue weighted by molar-refractivity contribution is 5.72. The lowest BCUT2D eigenvalue weighted by Crippen LogP contribution is -1.94. The molecule has 1 aromatic carbocycles. The third kappa shape index (κ3) is 1.69. The topological polar surface area (TPSA) is 30.7 Å². The first kappa shape index (κ1) is 10.0. The molecule has 0 amide bonds. The summed E-state index contributed by atoms with van der Waals surface area (Å²) in [5, 5.41) is 0. The van der Waals surface area contributed by atoms with Crippen molar-refractivity contribution in [3.63, 3.8) is 0 Å². The minimum absolute atomic E-state index is 0.890. The monoisotopic (exact) mass is 222 g/mol. The molecule has 0 atom stereocenters. The predicted octanol–water partition coefficient (Wildman–Crippen LogP) is 2.99. The van der Waals surface area contributed by atoms with Crippen LogP contribution < -0.4 is 0 Å². The number of pyridine rings is 1. The molecular formula is C14H12N3. The lowest BCUT2D eigenvalue weighted by atomic mass is 10.1. The summed E-state index contributed by atoms with van der Waals surface area (Å²) in [7, 11) is 0. The highest BCUT2D eigenvalue weighted by Crippen LogP contribution is 2.17. The van der Waals surface area contributed by atoms with E-state index in [1.165, 1.54) is 5.56 Å². The van der Waals surface area contributed by atoms with Crippen molar-refractivity contribution in [1.82, 2.24) is 14.5 Å². The molecule has 0 saturated carbocycles. The zero-order valence-electron chi connectivity index (χ0n) is 9.54. The summed E-state index contributed by atoms with van der Waals surface area (Å²) in [4.78, 5) is 8.70. The zero-order chi connectivity index (χ0) is 11.7. The molecule has 0 N–H and O–H groups in total. The fourth-order valence-corrected chi connectivity index (χ4v) is 1.89. The van der Waals surface area contributed by atoms with Gasteiger partial charge in [-0.05, 0) is 36.2 Å². The Kier molecular flexibility index (Phi) is 2.37. The van der Waals surface area contributed by atoms with Crippen LogP contribution in [0.4, 0.5) is 0 Å². The first-order chi connectivity index (χ1) is 8.38. The molecule has 0 aliphatic heterocycles. The maximum Gasteiger partial charge on any atom is 0.164 e. The van der Waals surface area contributed by atoms with Gasteiger partial charge < -0.3 is 0 Å². The Morgan fingerprint density at radius 3 is 2.94 bits per heavy atom. The van der Waals surface area contributed by atoms with E-state index in [0.29, 0.717) is 0 Å². The number of imidazole rings is 1. The summed E-state index contributed by atoms with van der Waals surface area (Å²) in [6.45, 7) is 2.03. The molecule has 0 aliphatic rings. The first-order valence-corrected chi connectivity index (χ1v) is 5.56. The van der Waals surface area contributed by atoms with Crippen molar-refractivity contribution in [1.29, 1.82) is 0 Å². The number of benzene rings is 1. The first-order valence-electron chi connectivity index (χ1n) is 5.56. The maximum absolute atomic E-state index is 4.36. The number of fused-ring (bicyclic) bond motifs is 1. The summed E-state index contributed by atoms with van der Waals surface area (Å²) >= 11 is 0. The van der Waals surface area contributed by atoms with Crippen molar-refractivity contribution >= 4 is 11.2 Å². The second kappa shape index (κ2) is 4.01. The van der Waals surface area contributed by atoms with Crippen molar-refractivity contribution in [3.05, 3.63) is 60.9 Å². The third-order valence-corrected chi connectivity index (χ3v) is 2.79. The predicted molar refractivity (Wildman–Crippen MR) is 67.9 cm³/mol. The molecule has 2 aromatic heterocycles. The third-order valence-electron chi connectivity index (χ3n) is 2.79. The van der Waals surface area contributed by atoms with Gasteiger partial charge in [0.15, 0.2) is 5.65 Å². The van der Waals surface area contributed by atoms with Crippen LogP contribution in [-0.2, 0) is 0 Å². The Bertz CT molecular complexity index is 655. The van der Waals surface area contributed by atoms with Crippen LogP contribution in [0.1, 0.15) is 12.5 Å². The molecule has 83 valence electrons. The average Bonchev–Trinajstić information content (AvgIpc) is 2.82. The molecule has 3 rings (SSSR count). The second-order valence-corrected chi connectivity index (χ2v) is 3.84. The van der Waals surface area contributed by atoms with E-state index >= 15 is 0 Å². The Hall–Kier alpha value is -2.16. The molecule has 0 unspecified atom stereocenters. The van der Waals surface area contributed by atoms with E-state index in [0.717, 1.165) is 16.9 Å². The van der Waals surface area contributed by atoms with Gasteiger partial charge in [0.2, 0.25) is 0 Å². The standard InChI is InChI=1S/C14H12N3/c1-2-11-5-3-6-12(9-11)17-10-16-13-7-4-8-15-14(13)17/h2-10H,1H3. The van der Waals surface area contributed by atoms with E-state index in [1.807, 2.05) is 36.0 Å². The molecule has 0 aliphatic carbocycles.